The van der Waals surface area contributed by atoms with Crippen LogP contribution in [-0.2, 0) is 18.4 Å². The van der Waals surface area contributed by atoms with E-state index in [1.54, 1.807) is 0 Å². The number of quaternary nitrogens is 1. The van der Waals surface area contributed by atoms with E-state index < -0.39 is 5.41 Å². The molecular formula is C36H35BrN2O2. The van der Waals surface area contributed by atoms with E-state index in [9.17, 15) is 5.26 Å². The second kappa shape index (κ2) is 11.4. The molecule has 0 bridgehead atoms. The Labute approximate surface area is 253 Å². The lowest BCUT2D eigenvalue weighted by Crippen LogP contribution is -3.00. The average molecular weight is 608 g/mol. The van der Waals surface area contributed by atoms with Crippen molar-refractivity contribution in [2.24, 2.45) is 17.8 Å². The van der Waals surface area contributed by atoms with E-state index in [1.165, 1.54) is 24.2 Å². The van der Waals surface area contributed by atoms with Crippen molar-refractivity contribution in [3.05, 3.63) is 131 Å². The van der Waals surface area contributed by atoms with E-state index in [0.717, 1.165) is 53.0 Å². The first kappa shape index (κ1) is 27.6. The fourth-order valence-electron chi connectivity index (χ4n) is 7.54. The van der Waals surface area contributed by atoms with Crippen LogP contribution in [-0.4, -0.2) is 30.9 Å². The molecule has 2 heterocycles. The zero-order valence-electron chi connectivity index (χ0n) is 23.2. The molecule has 4 aromatic rings. The number of halogens is 1. The molecule has 0 radical (unpaired) electrons. The number of likely N-dealkylation sites (tertiary alicyclic amines) is 1. The van der Waals surface area contributed by atoms with Crippen LogP contribution in [0.15, 0.2) is 109 Å². The SMILES string of the molecule is N#CC(CC1C2C[N+](CCc3ccc4c(c3)OCO4)(Cc3ccccc3)CC12)(c1ccccc1)c1ccccc1.[Br-]. The number of nitrogens with zero attached hydrogens (tertiary/aromatic N) is 2. The second-order valence-electron chi connectivity index (χ2n) is 12.0. The highest BCUT2D eigenvalue weighted by atomic mass is 79.9. The van der Waals surface area contributed by atoms with Crippen molar-refractivity contribution in [1.29, 1.82) is 5.26 Å². The van der Waals surface area contributed by atoms with Crippen molar-refractivity contribution in [1.82, 2.24) is 0 Å². The van der Waals surface area contributed by atoms with Crippen molar-refractivity contribution in [2.45, 2.75) is 24.8 Å². The molecule has 1 saturated carbocycles. The van der Waals surface area contributed by atoms with Gasteiger partial charge in [-0.1, -0.05) is 97.1 Å². The van der Waals surface area contributed by atoms with Crippen LogP contribution < -0.4 is 26.5 Å². The Morgan fingerprint density at radius 3 is 1.93 bits per heavy atom. The van der Waals surface area contributed by atoms with Crippen molar-refractivity contribution < 1.29 is 30.9 Å². The highest BCUT2D eigenvalue weighted by molar-refractivity contribution is 5.47. The van der Waals surface area contributed by atoms with Crippen LogP contribution in [0.25, 0.3) is 0 Å². The summed E-state index contributed by atoms with van der Waals surface area (Å²) in [6, 6.07) is 41.0. The maximum absolute atomic E-state index is 10.7. The predicted octanol–water partition coefficient (Wildman–Crippen LogP) is 3.75. The lowest BCUT2D eigenvalue weighted by atomic mass is 9.71. The summed E-state index contributed by atoms with van der Waals surface area (Å²) in [6.07, 6.45) is 1.91. The van der Waals surface area contributed by atoms with Gasteiger partial charge in [0.2, 0.25) is 6.79 Å². The summed E-state index contributed by atoms with van der Waals surface area (Å²) in [7, 11) is 0. The van der Waals surface area contributed by atoms with Crippen LogP contribution >= 0.6 is 0 Å². The normalized spacial score (nSPS) is 23.7. The van der Waals surface area contributed by atoms with Crippen molar-refractivity contribution in [3.8, 4) is 17.6 Å². The highest BCUT2D eigenvalue weighted by Crippen LogP contribution is 2.60. The van der Waals surface area contributed by atoms with Crippen LogP contribution in [0.1, 0.15) is 28.7 Å². The second-order valence-corrected chi connectivity index (χ2v) is 12.0. The van der Waals surface area contributed by atoms with Gasteiger partial charge in [-0.2, -0.15) is 5.26 Å². The highest BCUT2D eigenvalue weighted by Gasteiger charge is 2.64. The third kappa shape index (κ3) is 5.27. The first-order chi connectivity index (χ1) is 19.7. The Hall–Kier alpha value is -3.59. The zero-order chi connectivity index (χ0) is 27.0. The van der Waals surface area contributed by atoms with Crippen LogP contribution in [0, 0.1) is 29.1 Å². The Bertz CT molecular complexity index is 1470. The molecule has 0 aromatic heterocycles. The zero-order valence-corrected chi connectivity index (χ0v) is 24.7. The van der Waals surface area contributed by atoms with Gasteiger partial charge in [0.1, 0.15) is 12.0 Å². The van der Waals surface area contributed by atoms with Gasteiger partial charge in [-0.3, -0.25) is 0 Å². The topological polar surface area (TPSA) is 42.2 Å². The molecule has 2 unspecified atom stereocenters. The smallest absolute Gasteiger partial charge is 0.231 e. The van der Waals surface area contributed by atoms with Gasteiger partial charge >= 0.3 is 0 Å². The summed E-state index contributed by atoms with van der Waals surface area (Å²) in [5.41, 5.74) is 4.33. The summed E-state index contributed by atoms with van der Waals surface area (Å²) in [5, 5.41) is 10.7. The number of hydrogen-bond acceptors (Lipinski definition) is 3. The van der Waals surface area contributed by atoms with Gasteiger partial charge in [0, 0.05) is 23.8 Å². The predicted molar refractivity (Wildman–Crippen MR) is 156 cm³/mol. The maximum atomic E-state index is 10.7. The largest absolute Gasteiger partial charge is 1.00 e. The minimum absolute atomic E-state index is 0. The quantitative estimate of drug-likeness (QED) is 0.273. The molecule has 5 heteroatoms. The fourth-order valence-corrected chi connectivity index (χ4v) is 7.54. The monoisotopic (exact) mass is 606 g/mol. The molecule has 1 saturated heterocycles. The van der Waals surface area contributed by atoms with Gasteiger partial charge in [-0.15, -0.1) is 0 Å². The Balaban J connectivity index is 0.00000302. The summed E-state index contributed by atoms with van der Waals surface area (Å²) < 4.78 is 12.3. The van der Waals surface area contributed by atoms with Gasteiger partial charge in [0.25, 0.3) is 0 Å². The van der Waals surface area contributed by atoms with Crippen molar-refractivity contribution in [2.75, 3.05) is 26.4 Å². The molecule has 2 aliphatic heterocycles. The van der Waals surface area contributed by atoms with E-state index in [-0.39, 0.29) is 17.0 Å². The lowest BCUT2D eigenvalue weighted by Gasteiger charge is -2.38. The number of ether oxygens (including phenoxy) is 2. The Kier molecular flexibility index (Phi) is 7.64. The summed E-state index contributed by atoms with van der Waals surface area (Å²) in [6.45, 7) is 4.84. The first-order valence-corrected chi connectivity index (χ1v) is 14.5. The Morgan fingerprint density at radius 1 is 0.732 bits per heavy atom. The summed E-state index contributed by atoms with van der Waals surface area (Å²) in [4.78, 5) is 0. The number of nitriles is 1. The number of hydrogen-bond donors (Lipinski definition) is 0. The average Bonchev–Trinajstić information content (AvgIpc) is 3.33. The third-order valence-electron chi connectivity index (χ3n) is 9.64. The molecule has 4 nitrogen and oxygen atoms in total. The lowest BCUT2D eigenvalue weighted by molar-refractivity contribution is -0.934. The van der Waals surface area contributed by atoms with E-state index >= 15 is 0 Å². The van der Waals surface area contributed by atoms with E-state index in [4.69, 9.17) is 9.47 Å². The molecule has 0 spiro atoms. The third-order valence-corrected chi connectivity index (χ3v) is 9.64. The fraction of sp³-hybridized carbons (Fsp3) is 0.306. The van der Waals surface area contributed by atoms with Gasteiger partial charge in [-0.25, -0.2) is 0 Å². The molecule has 41 heavy (non-hydrogen) atoms. The maximum Gasteiger partial charge on any atom is 0.231 e. The van der Waals surface area contributed by atoms with E-state index in [0.29, 0.717) is 24.5 Å². The van der Waals surface area contributed by atoms with Gasteiger partial charge < -0.3 is 30.9 Å². The van der Waals surface area contributed by atoms with Gasteiger partial charge in [-0.05, 0) is 41.2 Å². The molecule has 208 valence electrons. The molecule has 2 fully saturated rings. The molecule has 0 amide bonds. The molecule has 3 aliphatic rings. The van der Waals surface area contributed by atoms with Crippen molar-refractivity contribution >= 4 is 0 Å². The van der Waals surface area contributed by atoms with Crippen LogP contribution in [0.2, 0.25) is 0 Å². The minimum atomic E-state index is -0.612. The number of benzene rings is 4. The molecule has 2 atom stereocenters. The van der Waals surface area contributed by atoms with E-state index in [2.05, 4.69) is 97.1 Å². The summed E-state index contributed by atoms with van der Waals surface area (Å²) >= 11 is 0. The van der Waals surface area contributed by atoms with Crippen LogP contribution in [0.3, 0.4) is 0 Å². The molecule has 0 N–H and O–H groups in total. The number of piperidine rings is 1. The number of fused-ring (bicyclic) bond motifs is 2. The van der Waals surface area contributed by atoms with Gasteiger partial charge in [0.15, 0.2) is 11.5 Å². The molecule has 4 aromatic carbocycles. The molecule has 7 rings (SSSR count). The molecular weight excluding hydrogens is 572 g/mol. The summed E-state index contributed by atoms with van der Waals surface area (Å²) in [5.74, 6) is 3.62. The van der Waals surface area contributed by atoms with E-state index in [1.807, 2.05) is 18.2 Å². The number of rotatable bonds is 9. The Morgan fingerprint density at radius 2 is 1.32 bits per heavy atom. The minimum Gasteiger partial charge on any atom is -1.00 e. The first-order valence-electron chi connectivity index (χ1n) is 14.5. The van der Waals surface area contributed by atoms with Crippen LogP contribution in [0.4, 0.5) is 0 Å². The van der Waals surface area contributed by atoms with Crippen LogP contribution in [0.5, 0.6) is 11.5 Å². The van der Waals surface area contributed by atoms with Gasteiger partial charge in [0.05, 0.1) is 25.7 Å². The molecule has 1 aliphatic carbocycles. The van der Waals surface area contributed by atoms with Crippen molar-refractivity contribution in [3.63, 3.8) is 0 Å². The standard InChI is InChI=1S/C36H35N2O2.BrH/c37-25-36(29-12-6-2-7-13-29,30-14-8-3-9-15-30)21-31-32-23-38(24-33(31)32,22-28-10-4-1-5-11-28)19-18-27-16-17-34-35(20-27)40-26-39-34;/h1-17,20,31-33H,18-19,21-24,26H2;1H/q+1;/p-1.